The fourth-order valence-corrected chi connectivity index (χ4v) is 4.06. The van der Waals surface area contributed by atoms with E-state index in [2.05, 4.69) is 32.5 Å². The Labute approximate surface area is 179 Å². The summed E-state index contributed by atoms with van der Waals surface area (Å²) in [6, 6.07) is 9.50. The van der Waals surface area contributed by atoms with Gasteiger partial charge in [-0.3, -0.25) is 4.98 Å². The van der Waals surface area contributed by atoms with E-state index in [1.807, 2.05) is 25.1 Å². The summed E-state index contributed by atoms with van der Waals surface area (Å²) in [6.07, 6.45) is 8.60. The van der Waals surface area contributed by atoms with Crippen LogP contribution in [-0.4, -0.2) is 33.2 Å². The van der Waals surface area contributed by atoms with Gasteiger partial charge in [-0.05, 0) is 43.0 Å². The Morgan fingerprint density at radius 3 is 2.94 bits per heavy atom. The van der Waals surface area contributed by atoms with Gasteiger partial charge in [-0.25, -0.2) is 9.37 Å². The molecule has 7 heteroatoms. The normalized spacial score (nSPS) is 12.7. The third-order valence-electron chi connectivity index (χ3n) is 5.60. The summed E-state index contributed by atoms with van der Waals surface area (Å²) >= 11 is 0. The second-order valence-electron chi connectivity index (χ2n) is 7.58. The summed E-state index contributed by atoms with van der Waals surface area (Å²) in [7, 11) is 1.71. The fourth-order valence-electron chi connectivity index (χ4n) is 4.06. The van der Waals surface area contributed by atoms with E-state index in [1.54, 1.807) is 24.0 Å². The molecular weight excluding hydrogens is 393 g/mol. The van der Waals surface area contributed by atoms with Crippen LogP contribution in [0.15, 0.2) is 55.0 Å². The molecule has 0 radical (unpaired) electrons. The van der Waals surface area contributed by atoms with E-state index in [-0.39, 0.29) is 5.82 Å². The van der Waals surface area contributed by atoms with E-state index in [0.717, 1.165) is 42.2 Å². The molecule has 0 spiro atoms. The first-order valence-electron chi connectivity index (χ1n) is 10.2. The van der Waals surface area contributed by atoms with Crippen LogP contribution in [0.3, 0.4) is 0 Å². The lowest BCUT2D eigenvalue weighted by Gasteiger charge is -2.12. The van der Waals surface area contributed by atoms with Crippen molar-refractivity contribution in [2.24, 2.45) is 0 Å². The molecule has 3 heterocycles. The van der Waals surface area contributed by atoms with Crippen LogP contribution in [0.2, 0.25) is 0 Å². The Balaban J connectivity index is 1.40. The van der Waals surface area contributed by atoms with Gasteiger partial charge in [0.1, 0.15) is 17.4 Å². The first kappa shape index (κ1) is 19.2. The van der Waals surface area contributed by atoms with Crippen molar-refractivity contribution in [3.63, 3.8) is 0 Å². The number of allylic oxidation sites excluding steroid dienone is 1. The van der Waals surface area contributed by atoms with Crippen molar-refractivity contribution in [3.8, 4) is 17.0 Å². The summed E-state index contributed by atoms with van der Waals surface area (Å²) in [4.78, 5) is 8.62. The number of aromatic nitrogens is 4. The van der Waals surface area contributed by atoms with E-state index in [0.29, 0.717) is 11.3 Å². The molecule has 0 saturated carbocycles. The highest BCUT2D eigenvalue weighted by Crippen LogP contribution is 2.35. The summed E-state index contributed by atoms with van der Waals surface area (Å²) in [5.41, 5.74) is 6.77. The minimum absolute atomic E-state index is 0.388. The SMILES string of the molecule is COc1cccc2c1CC=C2CCNc1cc(-c2cncc(F)c2)nc2c(C)cnn12. The lowest BCUT2D eigenvalue weighted by Crippen LogP contribution is -2.08. The number of benzene rings is 1. The van der Waals surface area contributed by atoms with E-state index in [4.69, 9.17) is 4.74 Å². The smallest absolute Gasteiger partial charge is 0.160 e. The molecule has 1 aliphatic rings. The van der Waals surface area contributed by atoms with Gasteiger partial charge >= 0.3 is 0 Å². The number of fused-ring (bicyclic) bond motifs is 2. The lowest BCUT2D eigenvalue weighted by molar-refractivity contribution is 0.411. The maximum absolute atomic E-state index is 13.7. The number of hydrogen-bond acceptors (Lipinski definition) is 5. The molecule has 4 aromatic rings. The monoisotopic (exact) mass is 415 g/mol. The fraction of sp³-hybridized carbons (Fsp3) is 0.208. The first-order valence-corrected chi connectivity index (χ1v) is 10.2. The van der Waals surface area contributed by atoms with Crippen LogP contribution in [-0.2, 0) is 6.42 Å². The van der Waals surface area contributed by atoms with Gasteiger partial charge in [-0.15, -0.1) is 0 Å². The Morgan fingerprint density at radius 1 is 1.19 bits per heavy atom. The molecule has 0 unspecified atom stereocenters. The van der Waals surface area contributed by atoms with Crippen LogP contribution >= 0.6 is 0 Å². The molecule has 1 aromatic carbocycles. The van der Waals surface area contributed by atoms with Crippen molar-refractivity contribution in [3.05, 3.63) is 77.5 Å². The van der Waals surface area contributed by atoms with Crippen molar-refractivity contribution in [2.45, 2.75) is 19.8 Å². The molecule has 156 valence electrons. The average Bonchev–Trinajstić information content (AvgIpc) is 3.37. The lowest BCUT2D eigenvalue weighted by atomic mass is 10.0. The minimum atomic E-state index is -0.388. The summed E-state index contributed by atoms with van der Waals surface area (Å²) in [5.74, 6) is 1.36. The second kappa shape index (κ2) is 7.83. The highest BCUT2D eigenvalue weighted by atomic mass is 19.1. The molecule has 0 bridgehead atoms. The molecule has 0 aliphatic heterocycles. The average molecular weight is 415 g/mol. The number of rotatable bonds is 6. The molecule has 31 heavy (non-hydrogen) atoms. The number of methoxy groups -OCH3 is 1. The number of nitrogens with zero attached hydrogens (tertiary/aromatic N) is 4. The third-order valence-corrected chi connectivity index (χ3v) is 5.60. The van der Waals surface area contributed by atoms with Gasteiger partial charge in [0, 0.05) is 35.5 Å². The molecule has 6 nitrogen and oxygen atoms in total. The minimum Gasteiger partial charge on any atom is -0.496 e. The Hall–Kier alpha value is -3.74. The molecule has 1 N–H and O–H groups in total. The largest absolute Gasteiger partial charge is 0.496 e. The zero-order valence-electron chi connectivity index (χ0n) is 17.4. The second-order valence-corrected chi connectivity index (χ2v) is 7.58. The number of aryl methyl sites for hydroxylation is 1. The number of nitrogens with one attached hydrogen (secondary N) is 1. The van der Waals surface area contributed by atoms with Crippen molar-refractivity contribution >= 4 is 17.0 Å². The van der Waals surface area contributed by atoms with Crippen LogP contribution < -0.4 is 10.1 Å². The van der Waals surface area contributed by atoms with E-state index >= 15 is 0 Å². The molecule has 5 rings (SSSR count). The zero-order chi connectivity index (χ0) is 21.4. The quantitative estimate of drug-likeness (QED) is 0.495. The van der Waals surface area contributed by atoms with Gasteiger partial charge in [0.05, 0.1) is 25.2 Å². The molecule has 0 saturated heterocycles. The zero-order valence-corrected chi connectivity index (χ0v) is 17.4. The summed E-state index contributed by atoms with van der Waals surface area (Å²) < 4.78 is 21.0. The van der Waals surface area contributed by atoms with Gasteiger partial charge in [0.15, 0.2) is 5.65 Å². The third kappa shape index (κ3) is 3.52. The molecule has 3 aromatic heterocycles. The van der Waals surface area contributed by atoms with Crippen LogP contribution in [0.4, 0.5) is 10.2 Å². The van der Waals surface area contributed by atoms with Crippen LogP contribution in [0.25, 0.3) is 22.5 Å². The van der Waals surface area contributed by atoms with Crippen molar-refractivity contribution in [1.29, 1.82) is 0 Å². The summed E-state index contributed by atoms with van der Waals surface area (Å²) in [6.45, 7) is 2.68. The molecule has 1 aliphatic carbocycles. The standard InChI is InChI=1S/C24H22FN5O/c1-15-12-28-30-23(11-21(29-24(15)30)17-10-18(25)14-26-13-17)27-9-8-16-6-7-20-19(16)4-3-5-22(20)31-2/h3-6,10-14,27H,7-9H2,1-2H3. The highest BCUT2D eigenvalue weighted by molar-refractivity contribution is 5.75. The van der Waals surface area contributed by atoms with Crippen molar-refractivity contribution in [2.75, 3.05) is 19.0 Å². The molecule has 0 fully saturated rings. The molecule has 0 amide bonds. The van der Waals surface area contributed by atoms with Crippen molar-refractivity contribution < 1.29 is 9.13 Å². The molecule has 0 atom stereocenters. The number of anilines is 1. The van der Waals surface area contributed by atoms with Gasteiger partial charge < -0.3 is 10.1 Å². The van der Waals surface area contributed by atoms with Gasteiger partial charge in [0.2, 0.25) is 0 Å². The van der Waals surface area contributed by atoms with Crippen molar-refractivity contribution in [1.82, 2.24) is 19.6 Å². The van der Waals surface area contributed by atoms with E-state index in [9.17, 15) is 4.39 Å². The maximum atomic E-state index is 13.7. The van der Waals surface area contributed by atoms with Gasteiger partial charge in [-0.1, -0.05) is 18.2 Å². The number of halogens is 1. The van der Waals surface area contributed by atoms with E-state index in [1.165, 1.54) is 29.0 Å². The predicted molar refractivity (Wildman–Crippen MR) is 119 cm³/mol. The van der Waals surface area contributed by atoms with Crippen LogP contribution in [0.1, 0.15) is 23.1 Å². The van der Waals surface area contributed by atoms with Crippen LogP contribution in [0, 0.1) is 12.7 Å². The Kier molecular flexibility index (Phi) is 4.86. The number of hydrogen-bond donors (Lipinski definition) is 1. The Morgan fingerprint density at radius 2 is 2.10 bits per heavy atom. The maximum Gasteiger partial charge on any atom is 0.160 e. The van der Waals surface area contributed by atoms with Gasteiger partial charge in [0.25, 0.3) is 0 Å². The molecular formula is C24H22FN5O. The topological polar surface area (TPSA) is 64.3 Å². The highest BCUT2D eigenvalue weighted by Gasteiger charge is 2.18. The summed E-state index contributed by atoms with van der Waals surface area (Å²) in [5, 5.41) is 7.94. The van der Waals surface area contributed by atoms with E-state index < -0.39 is 0 Å². The number of ether oxygens (including phenoxy) is 1. The number of pyridine rings is 1. The first-order chi connectivity index (χ1) is 15.1. The van der Waals surface area contributed by atoms with Gasteiger partial charge in [-0.2, -0.15) is 9.61 Å². The Bertz CT molecular complexity index is 1310. The predicted octanol–water partition coefficient (Wildman–Crippen LogP) is 4.69. The van der Waals surface area contributed by atoms with Crippen LogP contribution in [0.5, 0.6) is 5.75 Å².